The van der Waals surface area contributed by atoms with Crippen LogP contribution in [0.3, 0.4) is 0 Å². The highest BCUT2D eigenvalue weighted by atomic mass is 16.5. The molecular weight excluding hydrogens is 294 g/mol. The first-order valence-corrected chi connectivity index (χ1v) is 7.87. The van der Waals surface area contributed by atoms with E-state index in [0.717, 1.165) is 45.1 Å². The molecule has 23 heavy (non-hydrogen) atoms. The number of morpholine rings is 1. The zero-order valence-electron chi connectivity index (χ0n) is 13.0. The van der Waals surface area contributed by atoms with E-state index in [2.05, 4.69) is 20.3 Å². The number of hydrogen-bond donors (Lipinski definition) is 1. The van der Waals surface area contributed by atoms with Gasteiger partial charge in [0, 0.05) is 44.8 Å². The van der Waals surface area contributed by atoms with Crippen LogP contribution in [0.15, 0.2) is 36.8 Å². The number of carbonyl (C=O) groups excluding carboxylic acids is 1. The quantitative estimate of drug-likeness (QED) is 0.803. The molecule has 0 bridgehead atoms. The molecule has 7 nitrogen and oxygen atoms in total. The summed E-state index contributed by atoms with van der Waals surface area (Å²) in [6, 6.07) is 5.60. The van der Waals surface area contributed by atoms with Crippen molar-refractivity contribution in [1.82, 2.24) is 20.1 Å². The lowest BCUT2D eigenvalue weighted by Gasteiger charge is -2.27. The van der Waals surface area contributed by atoms with Gasteiger partial charge in [0.15, 0.2) is 0 Å². The van der Waals surface area contributed by atoms with Gasteiger partial charge in [0.1, 0.15) is 5.82 Å². The van der Waals surface area contributed by atoms with E-state index in [-0.39, 0.29) is 5.91 Å². The first kappa shape index (κ1) is 15.5. The van der Waals surface area contributed by atoms with Crippen LogP contribution in [0, 0.1) is 0 Å². The standard InChI is InChI=1S/C16H21N5O2/c22-16(17-5-1-7-21-8-2-6-19-21)14-3-4-15(18-13-14)20-9-11-23-12-10-20/h2-4,6,8,13H,1,5,7,9-12H2,(H,17,22). The van der Waals surface area contributed by atoms with Crippen LogP contribution >= 0.6 is 0 Å². The van der Waals surface area contributed by atoms with Gasteiger partial charge in [-0.05, 0) is 24.6 Å². The number of nitrogens with zero attached hydrogens (tertiary/aromatic N) is 4. The lowest BCUT2D eigenvalue weighted by atomic mass is 10.2. The summed E-state index contributed by atoms with van der Waals surface area (Å²) >= 11 is 0. The van der Waals surface area contributed by atoms with Gasteiger partial charge in [0.05, 0.1) is 18.8 Å². The third kappa shape index (κ3) is 4.29. The van der Waals surface area contributed by atoms with Crippen LogP contribution in [0.4, 0.5) is 5.82 Å². The number of rotatable bonds is 6. The maximum Gasteiger partial charge on any atom is 0.252 e. The van der Waals surface area contributed by atoms with Gasteiger partial charge in [-0.1, -0.05) is 0 Å². The van der Waals surface area contributed by atoms with E-state index in [1.54, 1.807) is 12.4 Å². The number of anilines is 1. The van der Waals surface area contributed by atoms with E-state index in [1.807, 2.05) is 29.1 Å². The molecule has 0 unspecified atom stereocenters. The van der Waals surface area contributed by atoms with Crippen molar-refractivity contribution in [3.63, 3.8) is 0 Å². The minimum atomic E-state index is -0.0912. The number of hydrogen-bond acceptors (Lipinski definition) is 5. The Morgan fingerprint density at radius 3 is 2.87 bits per heavy atom. The van der Waals surface area contributed by atoms with Gasteiger partial charge in [0.2, 0.25) is 0 Å². The largest absolute Gasteiger partial charge is 0.378 e. The Labute approximate surface area is 135 Å². The van der Waals surface area contributed by atoms with Gasteiger partial charge in [-0.2, -0.15) is 5.10 Å². The molecule has 1 aliphatic heterocycles. The Balaban J connectivity index is 1.45. The Bertz CT molecular complexity index is 606. The molecule has 1 fully saturated rings. The highest BCUT2D eigenvalue weighted by Gasteiger charge is 2.13. The van der Waals surface area contributed by atoms with Crippen LogP contribution in [0.2, 0.25) is 0 Å². The summed E-state index contributed by atoms with van der Waals surface area (Å²) in [7, 11) is 0. The summed E-state index contributed by atoms with van der Waals surface area (Å²) in [5.41, 5.74) is 0.584. The van der Waals surface area contributed by atoms with E-state index in [4.69, 9.17) is 4.74 Å². The summed E-state index contributed by atoms with van der Waals surface area (Å²) in [5, 5.41) is 7.03. The van der Waals surface area contributed by atoms with E-state index < -0.39 is 0 Å². The SMILES string of the molecule is O=C(NCCCn1cccn1)c1ccc(N2CCOCC2)nc1. The number of nitrogens with one attached hydrogen (secondary N) is 1. The Morgan fingerprint density at radius 2 is 2.17 bits per heavy atom. The molecule has 0 saturated carbocycles. The van der Waals surface area contributed by atoms with Gasteiger partial charge in [0.25, 0.3) is 5.91 Å². The fraction of sp³-hybridized carbons (Fsp3) is 0.438. The third-order valence-electron chi connectivity index (χ3n) is 3.75. The number of aryl methyl sites for hydroxylation is 1. The average Bonchev–Trinajstić information content (AvgIpc) is 3.13. The van der Waals surface area contributed by atoms with Crippen molar-refractivity contribution in [3.05, 3.63) is 42.4 Å². The number of aromatic nitrogens is 3. The van der Waals surface area contributed by atoms with Crippen molar-refractivity contribution < 1.29 is 9.53 Å². The molecule has 0 spiro atoms. The van der Waals surface area contributed by atoms with Gasteiger partial charge >= 0.3 is 0 Å². The van der Waals surface area contributed by atoms with Crippen LogP contribution in [-0.4, -0.2) is 53.5 Å². The third-order valence-corrected chi connectivity index (χ3v) is 3.75. The van der Waals surface area contributed by atoms with E-state index in [1.165, 1.54) is 0 Å². The lowest BCUT2D eigenvalue weighted by molar-refractivity contribution is 0.0952. The normalized spacial score (nSPS) is 14.7. The van der Waals surface area contributed by atoms with Gasteiger partial charge in [-0.15, -0.1) is 0 Å². The maximum absolute atomic E-state index is 12.1. The number of amides is 1. The molecular formula is C16H21N5O2. The maximum atomic E-state index is 12.1. The molecule has 0 atom stereocenters. The van der Waals surface area contributed by atoms with Gasteiger partial charge in [-0.3, -0.25) is 9.48 Å². The molecule has 1 aliphatic rings. The van der Waals surface area contributed by atoms with Crippen LogP contribution in [-0.2, 0) is 11.3 Å². The summed E-state index contributed by atoms with van der Waals surface area (Å²) in [6.45, 7) is 4.53. The average molecular weight is 315 g/mol. The number of carbonyl (C=O) groups is 1. The molecule has 0 aliphatic carbocycles. The lowest BCUT2D eigenvalue weighted by Crippen LogP contribution is -2.36. The molecule has 2 aromatic rings. The molecule has 1 amide bonds. The second-order valence-corrected chi connectivity index (χ2v) is 5.38. The predicted octanol–water partition coefficient (Wildman–Crippen LogP) is 0.935. The molecule has 0 aromatic carbocycles. The number of pyridine rings is 1. The van der Waals surface area contributed by atoms with Gasteiger partial charge < -0.3 is 15.0 Å². The van der Waals surface area contributed by atoms with Crippen molar-refractivity contribution in [2.45, 2.75) is 13.0 Å². The van der Waals surface area contributed by atoms with Crippen LogP contribution in [0.5, 0.6) is 0 Å². The molecule has 1 saturated heterocycles. The highest BCUT2D eigenvalue weighted by Crippen LogP contribution is 2.12. The first-order chi connectivity index (χ1) is 11.3. The Kier molecular flexibility index (Phi) is 5.21. The van der Waals surface area contributed by atoms with Crippen molar-refractivity contribution in [1.29, 1.82) is 0 Å². The van der Waals surface area contributed by atoms with Crippen molar-refractivity contribution in [2.24, 2.45) is 0 Å². The van der Waals surface area contributed by atoms with E-state index in [0.29, 0.717) is 12.1 Å². The van der Waals surface area contributed by atoms with Crippen LogP contribution < -0.4 is 10.2 Å². The zero-order chi connectivity index (χ0) is 15.9. The van der Waals surface area contributed by atoms with E-state index in [9.17, 15) is 4.79 Å². The predicted molar refractivity (Wildman–Crippen MR) is 86.4 cm³/mol. The summed E-state index contributed by atoms with van der Waals surface area (Å²) < 4.78 is 7.18. The zero-order valence-corrected chi connectivity index (χ0v) is 13.0. The molecule has 122 valence electrons. The van der Waals surface area contributed by atoms with E-state index >= 15 is 0 Å². The summed E-state index contributed by atoms with van der Waals surface area (Å²) in [4.78, 5) is 18.6. The first-order valence-electron chi connectivity index (χ1n) is 7.87. The Hall–Kier alpha value is -2.41. The van der Waals surface area contributed by atoms with Crippen LogP contribution in [0.1, 0.15) is 16.8 Å². The fourth-order valence-electron chi connectivity index (χ4n) is 2.48. The van der Waals surface area contributed by atoms with Crippen molar-refractivity contribution in [2.75, 3.05) is 37.7 Å². The van der Waals surface area contributed by atoms with Crippen molar-refractivity contribution in [3.8, 4) is 0 Å². The molecule has 2 aromatic heterocycles. The minimum absolute atomic E-state index is 0.0912. The monoisotopic (exact) mass is 315 g/mol. The summed E-state index contributed by atoms with van der Waals surface area (Å²) in [5.74, 6) is 0.801. The smallest absolute Gasteiger partial charge is 0.252 e. The van der Waals surface area contributed by atoms with Gasteiger partial charge in [-0.25, -0.2) is 4.98 Å². The van der Waals surface area contributed by atoms with Crippen molar-refractivity contribution >= 4 is 11.7 Å². The highest BCUT2D eigenvalue weighted by molar-refractivity contribution is 5.94. The topological polar surface area (TPSA) is 72.3 Å². The second-order valence-electron chi connectivity index (χ2n) is 5.38. The molecule has 7 heteroatoms. The summed E-state index contributed by atoms with van der Waals surface area (Å²) in [6.07, 6.45) is 6.14. The Morgan fingerprint density at radius 1 is 1.30 bits per heavy atom. The minimum Gasteiger partial charge on any atom is -0.378 e. The molecule has 1 N–H and O–H groups in total. The molecule has 3 heterocycles. The second kappa shape index (κ2) is 7.73. The molecule has 3 rings (SSSR count). The molecule has 0 radical (unpaired) electrons. The fourth-order valence-corrected chi connectivity index (χ4v) is 2.48. The van der Waals surface area contributed by atoms with Crippen LogP contribution in [0.25, 0.3) is 0 Å². The number of ether oxygens (including phenoxy) is 1.